The van der Waals surface area contributed by atoms with E-state index in [1.165, 1.54) is 24.3 Å². The predicted octanol–water partition coefficient (Wildman–Crippen LogP) is 1.31. The Morgan fingerprint density at radius 1 is 1.20 bits per heavy atom. The van der Waals surface area contributed by atoms with Crippen molar-refractivity contribution in [3.05, 3.63) is 29.8 Å². The zero-order valence-corrected chi connectivity index (χ0v) is 15.5. The van der Waals surface area contributed by atoms with E-state index < -0.39 is 19.1 Å². The van der Waals surface area contributed by atoms with Crippen molar-refractivity contribution in [3.63, 3.8) is 0 Å². The van der Waals surface area contributed by atoms with Crippen molar-refractivity contribution in [2.45, 2.75) is 25.7 Å². The predicted molar refractivity (Wildman–Crippen MR) is 90.4 cm³/mol. The molecular weight excluding hydrogens is 371 g/mol. The largest absolute Gasteiger partial charge is 0.756 e. The first-order valence-electron chi connectivity index (χ1n) is 7.59. The quantitative estimate of drug-likeness (QED) is 0.310. The van der Waals surface area contributed by atoms with E-state index >= 15 is 0 Å². The number of phosphoric ester groups is 1. The Bertz CT molecular complexity index is 612. The maximum atomic E-state index is 11.9. The summed E-state index contributed by atoms with van der Waals surface area (Å²) in [5.41, 5.74) is 0.810. The summed E-state index contributed by atoms with van der Waals surface area (Å²) >= 11 is -2.40. The van der Waals surface area contributed by atoms with Crippen LogP contribution in [-0.2, 0) is 24.9 Å². The lowest BCUT2D eigenvalue weighted by Crippen LogP contribution is -2.24. The molecule has 25 heavy (non-hydrogen) atoms. The molecule has 0 aliphatic heterocycles. The van der Waals surface area contributed by atoms with E-state index in [1.807, 2.05) is 0 Å². The van der Waals surface area contributed by atoms with E-state index in [1.54, 1.807) is 0 Å². The fourth-order valence-electron chi connectivity index (χ4n) is 1.90. The fourth-order valence-corrected chi connectivity index (χ4v) is 2.69. The monoisotopic (exact) mass is 392 g/mol. The number of benzene rings is 1. The number of carbonyl (C=O) groups excluding carboxylic acids is 1. The summed E-state index contributed by atoms with van der Waals surface area (Å²) in [6, 6.07) is 6.05. The van der Waals surface area contributed by atoms with Crippen molar-refractivity contribution in [1.82, 2.24) is 5.32 Å². The van der Waals surface area contributed by atoms with Gasteiger partial charge in [-0.05, 0) is 37.1 Å². The van der Waals surface area contributed by atoms with E-state index in [0.29, 0.717) is 24.2 Å². The van der Waals surface area contributed by atoms with Crippen molar-refractivity contribution in [1.29, 1.82) is 0 Å². The van der Waals surface area contributed by atoms with Crippen LogP contribution in [0.15, 0.2) is 24.3 Å². The van der Waals surface area contributed by atoms with E-state index in [2.05, 4.69) is 19.1 Å². The molecule has 11 heteroatoms. The molecule has 1 aromatic carbocycles. The third kappa shape index (κ3) is 9.69. The van der Waals surface area contributed by atoms with E-state index in [4.69, 9.17) is 0 Å². The molecule has 9 nitrogen and oxygen atoms in total. The minimum absolute atomic E-state index is 0.0789. The molecule has 1 rings (SSSR count). The van der Waals surface area contributed by atoms with Gasteiger partial charge in [0, 0.05) is 36.2 Å². The maximum Gasteiger partial charge on any atom is 0.267 e. The van der Waals surface area contributed by atoms with E-state index in [-0.39, 0.29) is 12.5 Å². The smallest absolute Gasteiger partial charge is 0.267 e. The van der Waals surface area contributed by atoms with Gasteiger partial charge in [0.2, 0.25) is 0 Å². The number of hydrogen-bond acceptors (Lipinski definition) is 7. The highest BCUT2D eigenvalue weighted by Crippen LogP contribution is 2.36. The highest BCUT2D eigenvalue weighted by molar-refractivity contribution is 7.80. The first-order chi connectivity index (χ1) is 11.8. The molecule has 0 radical (unpaired) electrons. The van der Waals surface area contributed by atoms with Gasteiger partial charge in [-0.2, -0.15) is 0 Å². The van der Waals surface area contributed by atoms with Crippen LogP contribution >= 0.6 is 7.82 Å². The van der Waals surface area contributed by atoms with Crippen LogP contribution in [0.2, 0.25) is 0 Å². The van der Waals surface area contributed by atoms with Crippen LogP contribution in [0, 0.1) is 0 Å². The molecule has 0 saturated carbocycles. The fraction of sp³-hybridized carbons (Fsp3) is 0.500. The summed E-state index contributed by atoms with van der Waals surface area (Å²) in [4.78, 5) is 22.8. The molecule has 0 aliphatic carbocycles. The summed E-state index contributed by atoms with van der Waals surface area (Å²) < 4.78 is 42.8. The summed E-state index contributed by atoms with van der Waals surface area (Å²) in [6.07, 6.45) is 2.92. The second-order valence-corrected chi connectivity index (χ2v) is 7.24. The first kappa shape index (κ1) is 21.8. The number of phosphoric acid groups is 1. The molecule has 1 aromatic rings. The highest BCUT2D eigenvalue weighted by Gasteiger charge is 2.06. The second kappa shape index (κ2) is 11.3. The molecule has 0 aromatic heterocycles. The zero-order chi connectivity index (χ0) is 18.7. The third-order valence-corrected chi connectivity index (χ3v) is 4.53. The van der Waals surface area contributed by atoms with Crippen molar-refractivity contribution < 1.29 is 32.1 Å². The first-order valence-corrected chi connectivity index (χ1v) is 10.1. The molecule has 0 saturated heterocycles. The lowest BCUT2D eigenvalue weighted by atomic mass is 10.2. The summed E-state index contributed by atoms with van der Waals surface area (Å²) in [5.74, 6) is -0.245. The molecule has 1 amide bonds. The molecule has 142 valence electrons. The van der Waals surface area contributed by atoms with Gasteiger partial charge in [0.05, 0.1) is 6.61 Å². The van der Waals surface area contributed by atoms with Gasteiger partial charge in [0.1, 0.15) is 0 Å². The minimum atomic E-state index is -4.14. The third-order valence-electron chi connectivity index (χ3n) is 3.18. The maximum absolute atomic E-state index is 11.9. The Balaban J connectivity index is 2.14. The molecule has 2 unspecified atom stereocenters. The van der Waals surface area contributed by atoms with E-state index in [0.717, 1.165) is 26.4 Å². The van der Waals surface area contributed by atoms with Crippen LogP contribution < -0.4 is 14.9 Å². The number of anilines is 1. The average Bonchev–Trinajstić information content (AvgIpc) is 2.57. The highest BCUT2D eigenvalue weighted by atomic mass is 32.2. The Morgan fingerprint density at radius 3 is 2.44 bits per heavy atom. The van der Waals surface area contributed by atoms with Gasteiger partial charge in [-0.25, -0.2) is 0 Å². The molecule has 2 atom stereocenters. The van der Waals surface area contributed by atoms with Crippen LogP contribution in [-0.4, -0.2) is 34.9 Å². The number of amides is 1. The Kier molecular flexibility index (Phi) is 9.88. The van der Waals surface area contributed by atoms with Gasteiger partial charge in [0.25, 0.3) is 13.7 Å². The Labute approximate surface area is 149 Å². The van der Waals surface area contributed by atoms with Crippen molar-refractivity contribution in [3.8, 4) is 0 Å². The number of carbonyl (C=O) groups is 1. The summed E-state index contributed by atoms with van der Waals surface area (Å²) in [6.45, 7) is 0.567. The lowest BCUT2D eigenvalue weighted by molar-refractivity contribution is -0.223. The number of rotatable bonds is 12. The number of unbranched alkanes of at least 4 members (excludes halogenated alkanes) is 3. The van der Waals surface area contributed by atoms with Gasteiger partial charge in [0.15, 0.2) is 0 Å². The van der Waals surface area contributed by atoms with Gasteiger partial charge < -0.3 is 28.5 Å². The Morgan fingerprint density at radius 2 is 1.84 bits per heavy atom. The Hall–Kier alpha value is -1.29. The minimum Gasteiger partial charge on any atom is -0.756 e. The summed E-state index contributed by atoms with van der Waals surface area (Å²) in [7, 11) is -3.09. The molecule has 0 bridgehead atoms. The number of nitrogens with one attached hydrogen (secondary N) is 2. The summed E-state index contributed by atoms with van der Waals surface area (Å²) in [5, 5.41) is 2.76. The van der Waals surface area contributed by atoms with E-state index in [9.17, 15) is 23.0 Å². The van der Waals surface area contributed by atoms with Crippen LogP contribution in [0.5, 0.6) is 0 Å². The van der Waals surface area contributed by atoms with Crippen molar-refractivity contribution >= 4 is 30.7 Å². The van der Waals surface area contributed by atoms with Gasteiger partial charge in [-0.1, -0.05) is 12.8 Å². The van der Waals surface area contributed by atoms with Gasteiger partial charge >= 0.3 is 0 Å². The van der Waals surface area contributed by atoms with Crippen LogP contribution in [0.4, 0.5) is 5.69 Å². The second-order valence-electron chi connectivity index (χ2n) is 5.05. The van der Waals surface area contributed by atoms with Crippen LogP contribution in [0.3, 0.4) is 0 Å². The van der Waals surface area contributed by atoms with Crippen LogP contribution in [0.1, 0.15) is 36.0 Å². The molecule has 0 fully saturated rings. The van der Waals surface area contributed by atoms with Crippen LogP contribution in [0.25, 0.3) is 0 Å². The molecule has 0 aliphatic rings. The molecular formula is C14H21N2O7PS-2. The number of hydrogen-bond donors (Lipinski definition) is 2. The average molecular weight is 392 g/mol. The zero-order valence-electron chi connectivity index (χ0n) is 13.8. The molecule has 0 spiro atoms. The van der Waals surface area contributed by atoms with Gasteiger partial charge in [-0.15, -0.1) is 0 Å². The van der Waals surface area contributed by atoms with Crippen molar-refractivity contribution in [2.75, 3.05) is 25.0 Å². The standard InChI is InChI=1S/C14H23N2O7PS/c1-22-24(18,19)23-11-5-3-2-4-10-15-14(17)12-6-8-13(9-7-12)16-25(20)21/h6-9,16H,2-5,10-11H2,1H3,(H,15,17)(H,18,19)(H,20,21)/p-2. The topological polar surface area (TPSA) is 140 Å². The SMILES string of the molecule is COP(=O)([O-])OCCCCCCNC(=O)c1ccc(NS(=O)[O-])cc1. The van der Waals surface area contributed by atoms with Crippen molar-refractivity contribution in [2.24, 2.45) is 0 Å². The molecule has 2 N–H and O–H groups in total. The lowest BCUT2D eigenvalue weighted by Gasteiger charge is -2.19. The molecule has 0 heterocycles. The van der Waals surface area contributed by atoms with Gasteiger partial charge in [-0.3, -0.25) is 13.6 Å². The normalized spacial score (nSPS) is 14.5.